The Balaban J connectivity index is 1.26. The zero-order valence-corrected chi connectivity index (χ0v) is 17.3. The van der Waals surface area contributed by atoms with Crippen molar-refractivity contribution in [2.75, 3.05) is 33.3 Å². The fourth-order valence-electron chi connectivity index (χ4n) is 3.84. The number of hydrogen-bond donors (Lipinski definition) is 0. The molecule has 0 N–H and O–H groups in total. The van der Waals surface area contributed by atoms with Gasteiger partial charge in [-0.2, -0.15) is 0 Å². The molecule has 29 heavy (non-hydrogen) atoms. The van der Waals surface area contributed by atoms with Gasteiger partial charge in [0, 0.05) is 39.1 Å². The quantitative estimate of drug-likeness (QED) is 0.620. The van der Waals surface area contributed by atoms with Crippen LogP contribution in [0.1, 0.15) is 22.4 Å². The summed E-state index contributed by atoms with van der Waals surface area (Å²) in [6, 6.07) is 16.9. The Morgan fingerprint density at radius 1 is 0.931 bits per heavy atom. The molecule has 0 spiro atoms. The van der Waals surface area contributed by atoms with Crippen LogP contribution in [0.25, 0.3) is 0 Å². The van der Waals surface area contributed by atoms with E-state index in [-0.39, 0.29) is 0 Å². The predicted molar refractivity (Wildman–Crippen MR) is 114 cm³/mol. The van der Waals surface area contributed by atoms with Crippen LogP contribution in [0.3, 0.4) is 0 Å². The molecule has 3 aromatic rings. The Kier molecular flexibility index (Phi) is 6.22. The third-order valence-corrected chi connectivity index (χ3v) is 5.40. The van der Waals surface area contributed by atoms with Gasteiger partial charge in [0.05, 0.1) is 25.7 Å². The van der Waals surface area contributed by atoms with E-state index in [1.54, 1.807) is 7.11 Å². The molecule has 2 aromatic carbocycles. The minimum atomic E-state index is 0.765. The average molecular weight is 392 g/mol. The van der Waals surface area contributed by atoms with Crippen molar-refractivity contribution in [3.05, 3.63) is 77.1 Å². The van der Waals surface area contributed by atoms with E-state index in [2.05, 4.69) is 63.6 Å². The summed E-state index contributed by atoms with van der Waals surface area (Å²) in [4.78, 5) is 4.97. The monoisotopic (exact) mass is 391 g/mol. The summed E-state index contributed by atoms with van der Waals surface area (Å²) < 4.78 is 7.25. The van der Waals surface area contributed by atoms with Gasteiger partial charge in [0.1, 0.15) is 5.75 Å². The summed E-state index contributed by atoms with van der Waals surface area (Å²) in [5.74, 6) is 0.874. The van der Waals surface area contributed by atoms with Crippen molar-refractivity contribution in [2.24, 2.45) is 0 Å². The Labute approximate surface area is 172 Å². The lowest BCUT2D eigenvalue weighted by Crippen LogP contribution is -2.46. The molecule has 4 rings (SSSR count). The molecular weight excluding hydrogens is 362 g/mol. The molecule has 152 valence electrons. The van der Waals surface area contributed by atoms with Gasteiger partial charge in [0.25, 0.3) is 0 Å². The Bertz CT molecular complexity index is 930. The van der Waals surface area contributed by atoms with Crippen molar-refractivity contribution in [3.63, 3.8) is 0 Å². The van der Waals surface area contributed by atoms with E-state index in [1.807, 2.05) is 22.9 Å². The zero-order valence-electron chi connectivity index (χ0n) is 17.3. The lowest BCUT2D eigenvalue weighted by atomic mass is 10.1. The van der Waals surface area contributed by atoms with E-state index in [4.69, 9.17) is 4.74 Å². The minimum absolute atomic E-state index is 0.765. The largest absolute Gasteiger partial charge is 0.497 e. The van der Waals surface area contributed by atoms with Crippen LogP contribution in [0.2, 0.25) is 0 Å². The molecule has 0 radical (unpaired) electrons. The average Bonchev–Trinajstić information content (AvgIpc) is 3.16. The van der Waals surface area contributed by atoms with Crippen molar-refractivity contribution < 1.29 is 4.74 Å². The molecular formula is C23H29N5O. The van der Waals surface area contributed by atoms with Crippen LogP contribution in [0, 0.1) is 6.92 Å². The second-order valence-electron chi connectivity index (χ2n) is 7.80. The molecule has 1 fully saturated rings. The van der Waals surface area contributed by atoms with Crippen LogP contribution in [-0.4, -0.2) is 58.1 Å². The normalized spacial score (nSPS) is 15.5. The number of aryl methyl sites for hydroxylation is 1. The third kappa shape index (κ3) is 5.43. The van der Waals surface area contributed by atoms with E-state index in [1.165, 1.54) is 16.7 Å². The standard InChI is InChI=1S/C23H29N5O/c1-19-5-3-7-21(13-19)16-26-9-11-27(12-10-26)18-28-17-22(24-25-28)14-20-6-4-8-23(15-20)29-2/h3-8,13,15,17H,9-12,14,16,18H2,1-2H3. The molecule has 0 aliphatic carbocycles. The zero-order chi connectivity index (χ0) is 20.1. The first-order valence-corrected chi connectivity index (χ1v) is 10.2. The lowest BCUT2D eigenvalue weighted by Gasteiger charge is -2.34. The topological polar surface area (TPSA) is 46.4 Å². The molecule has 6 heteroatoms. The number of rotatable bonds is 7. The Morgan fingerprint density at radius 3 is 2.48 bits per heavy atom. The second-order valence-corrected chi connectivity index (χ2v) is 7.80. The predicted octanol–water partition coefficient (Wildman–Crippen LogP) is 2.96. The number of ether oxygens (including phenoxy) is 1. The number of benzene rings is 2. The molecule has 1 aliphatic heterocycles. The number of methoxy groups -OCH3 is 1. The van der Waals surface area contributed by atoms with E-state index in [9.17, 15) is 0 Å². The molecule has 0 bridgehead atoms. The molecule has 0 unspecified atom stereocenters. The molecule has 1 aliphatic rings. The Hall–Kier alpha value is -2.70. The molecule has 0 atom stereocenters. The van der Waals surface area contributed by atoms with Gasteiger partial charge in [0.2, 0.25) is 0 Å². The van der Waals surface area contributed by atoms with Gasteiger partial charge in [-0.05, 0) is 30.2 Å². The highest BCUT2D eigenvalue weighted by Gasteiger charge is 2.17. The van der Waals surface area contributed by atoms with Gasteiger partial charge >= 0.3 is 0 Å². The maximum Gasteiger partial charge on any atom is 0.119 e. The molecule has 2 heterocycles. The summed E-state index contributed by atoms with van der Waals surface area (Å²) in [6.07, 6.45) is 2.82. The first kappa shape index (κ1) is 19.6. The fraction of sp³-hybridized carbons (Fsp3) is 0.391. The van der Waals surface area contributed by atoms with Crippen LogP contribution in [0.5, 0.6) is 5.75 Å². The first-order chi connectivity index (χ1) is 14.2. The minimum Gasteiger partial charge on any atom is -0.497 e. The highest BCUT2D eigenvalue weighted by molar-refractivity contribution is 5.30. The maximum atomic E-state index is 5.30. The Morgan fingerprint density at radius 2 is 1.69 bits per heavy atom. The fourth-order valence-corrected chi connectivity index (χ4v) is 3.84. The molecule has 0 saturated carbocycles. The summed E-state index contributed by atoms with van der Waals surface area (Å²) >= 11 is 0. The van der Waals surface area contributed by atoms with Crippen LogP contribution in [-0.2, 0) is 19.6 Å². The number of aromatic nitrogens is 3. The van der Waals surface area contributed by atoms with Crippen molar-refractivity contribution in [1.29, 1.82) is 0 Å². The summed E-state index contributed by atoms with van der Waals surface area (Å²) in [5, 5.41) is 8.67. The van der Waals surface area contributed by atoms with Gasteiger partial charge in [0.15, 0.2) is 0 Å². The van der Waals surface area contributed by atoms with Crippen molar-refractivity contribution >= 4 is 0 Å². The van der Waals surface area contributed by atoms with E-state index in [0.717, 1.165) is 57.3 Å². The van der Waals surface area contributed by atoms with Crippen molar-refractivity contribution in [3.8, 4) is 5.75 Å². The molecule has 1 aromatic heterocycles. The molecule has 1 saturated heterocycles. The lowest BCUT2D eigenvalue weighted by molar-refractivity contribution is 0.0981. The SMILES string of the molecule is COc1cccc(Cc2cn(CN3CCN(Cc4cccc(C)c4)CC3)nn2)c1. The van der Waals surface area contributed by atoms with E-state index < -0.39 is 0 Å². The van der Waals surface area contributed by atoms with Gasteiger partial charge in [-0.1, -0.05) is 47.2 Å². The van der Waals surface area contributed by atoms with E-state index >= 15 is 0 Å². The highest BCUT2D eigenvalue weighted by Crippen LogP contribution is 2.15. The van der Waals surface area contributed by atoms with E-state index in [0.29, 0.717) is 0 Å². The summed E-state index contributed by atoms with van der Waals surface area (Å²) in [7, 11) is 1.69. The number of hydrogen-bond acceptors (Lipinski definition) is 5. The van der Waals surface area contributed by atoms with Crippen LogP contribution in [0.4, 0.5) is 0 Å². The summed E-state index contributed by atoms with van der Waals surface area (Å²) in [5.41, 5.74) is 4.89. The maximum absolute atomic E-state index is 5.30. The van der Waals surface area contributed by atoms with Gasteiger partial charge in [-0.25, -0.2) is 4.68 Å². The van der Waals surface area contributed by atoms with Crippen LogP contribution >= 0.6 is 0 Å². The molecule has 0 amide bonds. The van der Waals surface area contributed by atoms with Gasteiger partial charge < -0.3 is 4.74 Å². The van der Waals surface area contributed by atoms with Crippen LogP contribution in [0.15, 0.2) is 54.7 Å². The second kappa shape index (κ2) is 9.20. The number of nitrogens with zero attached hydrogens (tertiary/aromatic N) is 5. The van der Waals surface area contributed by atoms with Crippen molar-refractivity contribution in [1.82, 2.24) is 24.8 Å². The van der Waals surface area contributed by atoms with Crippen LogP contribution < -0.4 is 4.74 Å². The van der Waals surface area contributed by atoms with Crippen molar-refractivity contribution in [2.45, 2.75) is 26.6 Å². The third-order valence-electron chi connectivity index (χ3n) is 5.40. The smallest absolute Gasteiger partial charge is 0.119 e. The van der Waals surface area contributed by atoms with Gasteiger partial charge in [-0.15, -0.1) is 5.10 Å². The van der Waals surface area contributed by atoms with Gasteiger partial charge in [-0.3, -0.25) is 9.80 Å². The number of piperazine rings is 1. The highest BCUT2D eigenvalue weighted by atomic mass is 16.5. The molecule has 6 nitrogen and oxygen atoms in total. The first-order valence-electron chi connectivity index (χ1n) is 10.2. The summed E-state index contributed by atoms with van der Waals surface area (Å²) in [6.45, 7) is 8.25.